The molecule has 7 heteroatoms. The number of anilines is 2. The van der Waals surface area contributed by atoms with Crippen molar-refractivity contribution in [2.24, 2.45) is 0 Å². The van der Waals surface area contributed by atoms with E-state index >= 15 is 0 Å². The number of amides is 1. The molecule has 0 bridgehead atoms. The summed E-state index contributed by atoms with van der Waals surface area (Å²) in [5.41, 5.74) is 1.45. The topological polar surface area (TPSA) is 67.4 Å². The van der Waals surface area contributed by atoms with Crippen LogP contribution in [0.4, 0.5) is 11.6 Å². The number of hydrogen-bond donors (Lipinski definition) is 1. The van der Waals surface area contributed by atoms with Crippen molar-refractivity contribution in [2.45, 2.75) is 0 Å². The molecular formula is C17H17ClN4O2. The maximum absolute atomic E-state index is 11.9. The standard InChI is InChI=1S/C17H17ClN4O2/c18-14-4-1-13(2-5-14)3-6-16(23)21-15-11-19-17(20-12-15)22-7-9-24-10-8-22/h1-6,11-12H,7-10H2,(H,21,23)/b6-3+. The second-order valence-electron chi connectivity index (χ2n) is 5.25. The molecule has 0 radical (unpaired) electrons. The molecule has 0 saturated carbocycles. The van der Waals surface area contributed by atoms with Crippen molar-refractivity contribution in [1.29, 1.82) is 0 Å². The van der Waals surface area contributed by atoms with E-state index in [1.807, 2.05) is 12.1 Å². The quantitative estimate of drug-likeness (QED) is 0.863. The summed E-state index contributed by atoms with van der Waals surface area (Å²) in [6.07, 6.45) is 6.38. The lowest BCUT2D eigenvalue weighted by Crippen LogP contribution is -2.37. The van der Waals surface area contributed by atoms with Crippen LogP contribution in [0.5, 0.6) is 0 Å². The second kappa shape index (κ2) is 7.90. The van der Waals surface area contributed by atoms with E-state index in [9.17, 15) is 4.79 Å². The number of aromatic nitrogens is 2. The largest absolute Gasteiger partial charge is 0.378 e. The first kappa shape index (κ1) is 16.4. The van der Waals surface area contributed by atoms with Crippen LogP contribution in [0.2, 0.25) is 5.02 Å². The molecule has 124 valence electrons. The monoisotopic (exact) mass is 344 g/mol. The zero-order valence-electron chi connectivity index (χ0n) is 13.0. The molecule has 1 N–H and O–H groups in total. The summed E-state index contributed by atoms with van der Waals surface area (Å²) in [6, 6.07) is 7.23. The van der Waals surface area contributed by atoms with Crippen molar-refractivity contribution in [3.05, 3.63) is 53.3 Å². The molecule has 1 saturated heterocycles. The number of carbonyl (C=O) groups is 1. The molecule has 3 rings (SSSR count). The van der Waals surface area contributed by atoms with E-state index in [0.717, 1.165) is 18.7 Å². The maximum atomic E-state index is 11.9. The number of carbonyl (C=O) groups excluding carboxylic acids is 1. The zero-order chi connectivity index (χ0) is 16.8. The van der Waals surface area contributed by atoms with Gasteiger partial charge in [-0.05, 0) is 23.8 Å². The highest BCUT2D eigenvalue weighted by molar-refractivity contribution is 6.30. The van der Waals surface area contributed by atoms with Crippen molar-refractivity contribution in [3.8, 4) is 0 Å². The molecule has 2 aromatic rings. The third-order valence-electron chi connectivity index (χ3n) is 3.50. The van der Waals surface area contributed by atoms with Gasteiger partial charge in [0.05, 0.1) is 31.3 Å². The number of nitrogens with zero attached hydrogens (tertiary/aromatic N) is 3. The Labute approximate surface area is 145 Å². The van der Waals surface area contributed by atoms with Crippen LogP contribution in [0, 0.1) is 0 Å². The van der Waals surface area contributed by atoms with Crippen LogP contribution in [0.3, 0.4) is 0 Å². The van der Waals surface area contributed by atoms with E-state index in [1.54, 1.807) is 30.6 Å². The average Bonchev–Trinajstić information content (AvgIpc) is 2.63. The SMILES string of the molecule is O=C(/C=C/c1ccc(Cl)cc1)Nc1cnc(N2CCOCC2)nc1. The fourth-order valence-electron chi connectivity index (χ4n) is 2.24. The van der Waals surface area contributed by atoms with Crippen LogP contribution >= 0.6 is 11.6 Å². The number of rotatable bonds is 4. The van der Waals surface area contributed by atoms with Crippen LogP contribution in [-0.2, 0) is 9.53 Å². The fourth-order valence-corrected chi connectivity index (χ4v) is 2.37. The minimum atomic E-state index is -0.243. The Hall–Kier alpha value is -2.44. The van der Waals surface area contributed by atoms with Gasteiger partial charge in [0.25, 0.3) is 0 Å². The van der Waals surface area contributed by atoms with Gasteiger partial charge in [0, 0.05) is 24.2 Å². The first-order valence-corrected chi connectivity index (χ1v) is 7.98. The Morgan fingerprint density at radius 3 is 2.50 bits per heavy atom. The van der Waals surface area contributed by atoms with E-state index < -0.39 is 0 Å². The average molecular weight is 345 g/mol. The molecule has 0 atom stereocenters. The maximum Gasteiger partial charge on any atom is 0.248 e. The number of benzene rings is 1. The highest BCUT2D eigenvalue weighted by Gasteiger charge is 2.13. The second-order valence-corrected chi connectivity index (χ2v) is 5.68. The highest BCUT2D eigenvalue weighted by atomic mass is 35.5. The molecule has 24 heavy (non-hydrogen) atoms. The molecule has 1 aliphatic heterocycles. The minimum Gasteiger partial charge on any atom is -0.378 e. The van der Waals surface area contributed by atoms with Crippen molar-refractivity contribution >= 4 is 35.2 Å². The smallest absolute Gasteiger partial charge is 0.248 e. The molecular weight excluding hydrogens is 328 g/mol. The summed E-state index contributed by atoms with van der Waals surface area (Å²) in [5.74, 6) is 0.403. The summed E-state index contributed by atoms with van der Waals surface area (Å²) in [6.45, 7) is 2.90. The number of hydrogen-bond acceptors (Lipinski definition) is 5. The third kappa shape index (κ3) is 4.53. The van der Waals surface area contributed by atoms with Crippen LogP contribution in [0.1, 0.15) is 5.56 Å². The van der Waals surface area contributed by atoms with Crippen LogP contribution in [-0.4, -0.2) is 42.2 Å². The van der Waals surface area contributed by atoms with E-state index in [-0.39, 0.29) is 5.91 Å². The number of ether oxygens (including phenoxy) is 1. The number of halogens is 1. The molecule has 0 unspecified atom stereocenters. The lowest BCUT2D eigenvalue weighted by Gasteiger charge is -2.26. The minimum absolute atomic E-state index is 0.243. The molecule has 2 heterocycles. The fraction of sp³-hybridized carbons (Fsp3) is 0.235. The molecule has 1 amide bonds. The van der Waals surface area contributed by atoms with Gasteiger partial charge in [-0.15, -0.1) is 0 Å². The summed E-state index contributed by atoms with van der Waals surface area (Å²) < 4.78 is 5.30. The van der Waals surface area contributed by atoms with E-state index in [4.69, 9.17) is 16.3 Å². The molecule has 1 aliphatic rings. The van der Waals surface area contributed by atoms with Gasteiger partial charge in [0.2, 0.25) is 11.9 Å². The normalized spacial score (nSPS) is 14.8. The Bertz CT molecular complexity index is 710. The van der Waals surface area contributed by atoms with Crippen molar-refractivity contribution in [1.82, 2.24) is 9.97 Å². The first-order valence-electron chi connectivity index (χ1n) is 7.60. The lowest BCUT2D eigenvalue weighted by molar-refractivity contribution is -0.111. The molecule has 0 spiro atoms. The Morgan fingerprint density at radius 1 is 1.17 bits per heavy atom. The predicted octanol–water partition coefficient (Wildman–Crippen LogP) is 2.62. The summed E-state index contributed by atoms with van der Waals surface area (Å²) in [4.78, 5) is 22.6. The van der Waals surface area contributed by atoms with Crippen LogP contribution in [0.25, 0.3) is 6.08 Å². The number of morpholine rings is 1. The first-order chi connectivity index (χ1) is 11.7. The van der Waals surface area contributed by atoms with Gasteiger partial charge in [-0.25, -0.2) is 9.97 Å². The molecule has 1 fully saturated rings. The third-order valence-corrected chi connectivity index (χ3v) is 3.75. The van der Waals surface area contributed by atoms with Crippen molar-refractivity contribution in [3.63, 3.8) is 0 Å². The van der Waals surface area contributed by atoms with Gasteiger partial charge in [-0.1, -0.05) is 23.7 Å². The van der Waals surface area contributed by atoms with Gasteiger partial charge in [0.1, 0.15) is 0 Å². The predicted molar refractivity (Wildman–Crippen MR) is 94.2 cm³/mol. The van der Waals surface area contributed by atoms with Gasteiger partial charge in [-0.2, -0.15) is 0 Å². The molecule has 0 aliphatic carbocycles. The van der Waals surface area contributed by atoms with Crippen molar-refractivity contribution in [2.75, 3.05) is 36.5 Å². The molecule has 6 nitrogen and oxygen atoms in total. The Balaban J connectivity index is 1.57. The van der Waals surface area contributed by atoms with Crippen LogP contribution in [0.15, 0.2) is 42.7 Å². The summed E-state index contributed by atoms with van der Waals surface area (Å²) >= 11 is 5.82. The van der Waals surface area contributed by atoms with Crippen LogP contribution < -0.4 is 10.2 Å². The lowest BCUT2D eigenvalue weighted by atomic mass is 10.2. The van der Waals surface area contributed by atoms with Crippen molar-refractivity contribution < 1.29 is 9.53 Å². The van der Waals surface area contributed by atoms with Gasteiger partial charge in [0.15, 0.2) is 0 Å². The Morgan fingerprint density at radius 2 is 1.83 bits per heavy atom. The summed E-state index contributed by atoms with van der Waals surface area (Å²) in [5, 5.41) is 3.39. The van der Waals surface area contributed by atoms with E-state index in [0.29, 0.717) is 29.9 Å². The van der Waals surface area contributed by atoms with Gasteiger partial charge >= 0.3 is 0 Å². The van der Waals surface area contributed by atoms with E-state index in [2.05, 4.69) is 20.2 Å². The summed E-state index contributed by atoms with van der Waals surface area (Å²) in [7, 11) is 0. The highest BCUT2D eigenvalue weighted by Crippen LogP contribution is 2.13. The van der Waals surface area contributed by atoms with E-state index in [1.165, 1.54) is 6.08 Å². The number of nitrogens with one attached hydrogen (secondary N) is 1. The molecule has 1 aromatic carbocycles. The van der Waals surface area contributed by atoms with Gasteiger partial charge < -0.3 is 15.0 Å². The molecule has 1 aromatic heterocycles. The Kier molecular flexibility index (Phi) is 5.40. The zero-order valence-corrected chi connectivity index (χ0v) is 13.7. The van der Waals surface area contributed by atoms with Gasteiger partial charge in [-0.3, -0.25) is 4.79 Å².